The van der Waals surface area contributed by atoms with Gasteiger partial charge in [-0.25, -0.2) is 13.2 Å². The van der Waals surface area contributed by atoms with E-state index in [4.69, 9.17) is 11.6 Å². The Balaban J connectivity index is 1.59. The molecular weight excluding hydrogens is 381 g/mol. The van der Waals surface area contributed by atoms with E-state index in [1.54, 1.807) is 0 Å². The van der Waals surface area contributed by atoms with Crippen LogP contribution in [0.25, 0.3) is 0 Å². The van der Waals surface area contributed by atoms with E-state index < -0.39 is 23.4 Å². The summed E-state index contributed by atoms with van der Waals surface area (Å²) < 4.78 is 40.2. The van der Waals surface area contributed by atoms with Crippen LogP contribution in [0.1, 0.15) is 23.2 Å². The Kier molecular flexibility index (Phi) is 5.70. The largest absolute Gasteiger partial charge is 0.339 e. The fourth-order valence-electron chi connectivity index (χ4n) is 2.99. The molecule has 1 heterocycles. The van der Waals surface area contributed by atoms with Crippen LogP contribution < -0.4 is 5.32 Å². The Bertz CT molecular complexity index is 883. The smallest absolute Gasteiger partial charge is 0.256 e. The number of carbonyl (C=O) groups is 2. The molecule has 27 heavy (non-hydrogen) atoms. The lowest BCUT2D eigenvalue weighted by Gasteiger charge is -2.31. The maximum atomic E-state index is 13.8. The predicted molar refractivity (Wildman–Crippen MR) is 95.0 cm³/mol. The van der Waals surface area contributed by atoms with Crippen molar-refractivity contribution in [1.29, 1.82) is 0 Å². The summed E-state index contributed by atoms with van der Waals surface area (Å²) in [4.78, 5) is 26.1. The van der Waals surface area contributed by atoms with E-state index in [9.17, 15) is 22.8 Å². The van der Waals surface area contributed by atoms with E-state index >= 15 is 0 Å². The van der Waals surface area contributed by atoms with Gasteiger partial charge >= 0.3 is 0 Å². The number of halogens is 4. The lowest BCUT2D eigenvalue weighted by Crippen LogP contribution is -2.41. The molecule has 0 spiro atoms. The minimum Gasteiger partial charge on any atom is -0.339 e. The average Bonchev–Trinajstić information content (AvgIpc) is 2.66. The molecular formula is C19H16ClF3N2O2. The lowest BCUT2D eigenvalue weighted by atomic mass is 9.95. The van der Waals surface area contributed by atoms with Gasteiger partial charge in [-0.3, -0.25) is 9.59 Å². The minimum absolute atomic E-state index is 0.0923. The van der Waals surface area contributed by atoms with Crippen LogP contribution in [-0.4, -0.2) is 29.8 Å². The molecule has 2 aromatic rings. The van der Waals surface area contributed by atoms with Crippen LogP contribution in [0, 0.1) is 23.4 Å². The minimum atomic E-state index is -0.783. The third-order valence-corrected chi connectivity index (χ3v) is 4.79. The molecule has 0 unspecified atom stereocenters. The molecule has 0 aliphatic carbocycles. The molecule has 2 aromatic carbocycles. The Morgan fingerprint density at radius 1 is 1.00 bits per heavy atom. The van der Waals surface area contributed by atoms with Gasteiger partial charge in [0, 0.05) is 24.7 Å². The summed E-state index contributed by atoms with van der Waals surface area (Å²) in [7, 11) is 0. The summed E-state index contributed by atoms with van der Waals surface area (Å²) in [6.45, 7) is 0.494. The molecule has 2 amide bonds. The van der Waals surface area contributed by atoms with Gasteiger partial charge in [-0.05, 0) is 49.2 Å². The number of nitrogens with zero attached hydrogens (tertiary/aromatic N) is 1. The summed E-state index contributed by atoms with van der Waals surface area (Å²) in [6.07, 6.45) is 0.757. The van der Waals surface area contributed by atoms with Gasteiger partial charge in [0.2, 0.25) is 5.91 Å². The van der Waals surface area contributed by atoms with Gasteiger partial charge < -0.3 is 10.2 Å². The standard InChI is InChI=1S/C19H16ClF3N2O2/c20-15-10-13(2-4-17(15)23)24-18(26)11-5-7-25(8-6-11)19(27)14-9-12(21)1-3-16(14)22/h1-4,9-11H,5-8H2,(H,24,26). The van der Waals surface area contributed by atoms with Crippen molar-refractivity contribution in [2.24, 2.45) is 5.92 Å². The maximum absolute atomic E-state index is 13.8. The summed E-state index contributed by atoms with van der Waals surface area (Å²) >= 11 is 5.69. The maximum Gasteiger partial charge on any atom is 0.256 e. The van der Waals surface area contributed by atoms with Gasteiger partial charge in [0.15, 0.2) is 0 Å². The molecule has 8 heteroatoms. The highest BCUT2D eigenvalue weighted by molar-refractivity contribution is 6.31. The Morgan fingerprint density at radius 3 is 2.33 bits per heavy atom. The zero-order chi connectivity index (χ0) is 19.6. The summed E-state index contributed by atoms with van der Waals surface area (Å²) in [5, 5.41) is 2.58. The number of hydrogen-bond donors (Lipinski definition) is 1. The van der Waals surface area contributed by atoms with E-state index in [1.807, 2.05) is 0 Å². The van der Waals surface area contributed by atoms with Gasteiger partial charge in [0.05, 0.1) is 10.6 Å². The summed E-state index contributed by atoms with van der Waals surface area (Å²) in [5.41, 5.74) is 0.0607. The summed E-state index contributed by atoms with van der Waals surface area (Å²) in [5.74, 6) is -3.26. The van der Waals surface area contributed by atoms with Gasteiger partial charge in [-0.15, -0.1) is 0 Å². The Morgan fingerprint density at radius 2 is 1.67 bits per heavy atom. The number of anilines is 1. The number of piperidine rings is 1. The molecule has 0 atom stereocenters. The summed E-state index contributed by atoms with van der Waals surface area (Å²) in [6, 6.07) is 6.62. The number of amides is 2. The van der Waals surface area contributed by atoms with Gasteiger partial charge in [0.25, 0.3) is 5.91 Å². The molecule has 4 nitrogen and oxygen atoms in total. The van der Waals surface area contributed by atoms with Crippen LogP contribution in [0.2, 0.25) is 5.02 Å². The van der Waals surface area contributed by atoms with Crippen LogP contribution in [0.15, 0.2) is 36.4 Å². The van der Waals surface area contributed by atoms with Crippen molar-refractivity contribution in [1.82, 2.24) is 4.90 Å². The first kappa shape index (κ1) is 19.2. The second-order valence-corrected chi connectivity index (χ2v) is 6.72. The first-order valence-electron chi connectivity index (χ1n) is 8.35. The third-order valence-electron chi connectivity index (χ3n) is 4.50. The number of hydrogen-bond acceptors (Lipinski definition) is 2. The Labute approximate surface area is 158 Å². The second-order valence-electron chi connectivity index (χ2n) is 6.31. The average molecular weight is 397 g/mol. The molecule has 0 saturated carbocycles. The lowest BCUT2D eigenvalue weighted by molar-refractivity contribution is -0.121. The monoisotopic (exact) mass is 396 g/mol. The fourth-order valence-corrected chi connectivity index (χ4v) is 3.18. The molecule has 3 rings (SSSR count). The van der Waals surface area contributed by atoms with Gasteiger partial charge in [-0.1, -0.05) is 11.6 Å². The zero-order valence-electron chi connectivity index (χ0n) is 14.1. The van der Waals surface area contributed by atoms with Crippen LogP contribution in [0.5, 0.6) is 0 Å². The normalized spacial score (nSPS) is 14.9. The highest BCUT2D eigenvalue weighted by Crippen LogP contribution is 2.24. The van der Waals surface area contributed by atoms with E-state index in [2.05, 4.69) is 5.32 Å². The molecule has 1 aliphatic rings. The highest BCUT2D eigenvalue weighted by Gasteiger charge is 2.29. The van der Waals surface area contributed by atoms with Crippen LogP contribution in [0.3, 0.4) is 0 Å². The van der Waals surface area contributed by atoms with Crippen molar-refractivity contribution in [2.75, 3.05) is 18.4 Å². The van der Waals surface area contributed by atoms with E-state index in [-0.39, 0.29) is 35.5 Å². The van der Waals surface area contributed by atoms with Crippen molar-refractivity contribution in [3.05, 3.63) is 64.4 Å². The predicted octanol–water partition coefficient (Wildman–Crippen LogP) is 4.25. The number of carbonyl (C=O) groups excluding carboxylic acids is 2. The second kappa shape index (κ2) is 8.00. The van der Waals surface area contributed by atoms with Gasteiger partial charge in [-0.2, -0.15) is 0 Å². The van der Waals surface area contributed by atoms with Crippen molar-refractivity contribution >= 4 is 29.1 Å². The zero-order valence-corrected chi connectivity index (χ0v) is 14.9. The molecule has 1 N–H and O–H groups in total. The van der Waals surface area contributed by atoms with Crippen molar-refractivity contribution < 1.29 is 22.8 Å². The Hall–Kier alpha value is -2.54. The molecule has 0 bridgehead atoms. The third kappa shape index (κ3) is 4.42. The first-order chi connectivity index (χ1) is 12.8. The van der Waals surface area contributed by atoms with E-state index in [0.717, 1.165) is 24.3 Å². The van der Waals surface area contributed by atoms with Gasteiger partial charge in [0.1, 0.15) is 17.5 Å². The molecule has 1 fully saturated rings. The van der Waals surface area contributed by atoms with E-state index in [0.29, 0.717) is 18.5 Å². The van der Waals surface area contributed by atoms with Crippen LogP contribution in [0.4, 0.5) is 18.9 Å². The topological polar surface area (TPSA) is 49.4 Å². The molecule has 0 radical (unpaired) electrons. The van der Waals surface area contributed by atoms with Crippen molar-refractivity contribution in [2.45, 2.75) is 12.8 Å². The molecule has 1 aliphatic heterocycles. The van der Waals surface area contributed by atoms with Crippen molar-refractivity contribution in [3.63, 3.8) is 0 Å². The highest BCUT2D eigenvalue weighted by atomic mass is 35.5. The quantitative estimate of drug-likeness (QED) is 0.843. The van der Waals surface area contributed by atoms with Crippen molar-refractivity contribution in [3.8, 4) is 0 Å². The number of benzene rings is 2. The first-order valence-corrected chi connectivity index (χ1v) is 8.73. The SMILES string of the molecule is O=C(Nc1ccc(F)c(Cl)c1)C1CCN(C(=O)c2cc(F)ccc2F)CC1. The number of likely N-dealkylation sites (tertiary alicyclic amines) is 1. The molecule has 142 valence electrons. The van der Waals surface area contributed by atoms with Crippen LogP contribution >= 0.6 is 11.6 Å². The number of rotatable bonds is 3. The molecule has 1 saturated heterocycles. The van der Waals surface area contributed by atoms with Crippen LogP contribution in [-0.2, 0) is 4.79 Å². The fraction of sp³-hybridized carbons (Fsp3) is 0.263. The molecule has 0 aromatic heterocycles. The van der Waals surface area contributed by atoms with E-state index in [1.165, 1.54) is 17.0 Å². The number of nitrogens with one attached hydrogen (secondary N) is 1.